The van der Waals surface area contributed by atoms with E-state index in [1.165, 1.54) is 0 Å². The van der Waals surface area contributed by atoms with Crippen LogP contribution in [0.3, 0.4) is 0 Å². The zero-order valence-electron chi connectivity index (χ0n) is 10.7. The van der Waals surface area contributed by atoms with Crippen LogP contribution >= 0.6 is 12.2 Å². The minimum Gasteiger partial charge on any atom is -0.747 e. The summed E-state index contributed by atoms with van der Waals surface area (Å²) in [5.74, 6) is 0. The van der Waals surface area contributed by atoms with Crippen LogP contribution in [0.25, 0.3) is 0 Å². The number of rotatable bonds is 6. The van der Waals surface area contributed by atoms with Crippen LogP contribution in [0.2, 0.25) is 0 Å². The van der Waals surface area contributed by atoms with Crippen molar-refractivity contribution in [3.63, 3.8) is 0 Å². The van der Waals surface area contributed by atoms with Gasteiger partial charge < -0.3 is 15.6 Å². The summed E-state index contributed by atoms with van der Waals surface area (Å²) in [6, 6.07) is 9.65. The van der Waals surface area contributed by atoms with Gasteiger partial charge in [0, 0.05) is 13.0 Å². The van der Waals surface area contributed by atoms with E-state index >= 15 is 0 Å². The molecule has 0 spiro atoms. The first-order valence-electron chi connectivity index (χ1n) is 5.40. The standard InChI is InChI=1S/C11H16N2O3S2.Na/c12-10(18(14,15)16)6-7-11(17)13-8-9-4-2-1-3-5-9;/h1-5,10H,6-8,12H2,(H,13,17)(H,14,15,16);/q;+1/p-1. The summed E-state index contributed by atoms with van der Waals surface area (Å²) in [4.78, 5) is 0.498. The van der Waals surface area contributed by atoms with E-state index in [0.717, 1.165) is 5.56 Å². The van der Waals surface area contributed by atoms with Crippen molar-refractivity contribution in [3.8, 4) is 0 Å². The molecule has 1 unspecified atom stereocenters. The molecule has 3 N–H and O–H groups in total. The summed E-state index contributed by atoms with van der Waals surface area (Å²) in [5, 5.41) is 1.59. The summed E-state index contributed by atoms with van der Waals surface area (Å²) in [6.45, 7) is 0.568. The Balaban J connectivity index is 0.00000324. The molecule has 1 rings (SSSR count). The van der Waals surface area contributed by atoms with Gasteiger partial charge in [-0.1, -0.05) is 42.5 Å². The molecule has 0 radical (unpaired) electrons. The van der Waals surface area contributed by atoms with Gasteiger partial charge in [-0.05, 0) is 12.0 Å². The van der Waals surface area contributed by atoms with Crippen LogP contribution < -0.4 is 40.6 Å². The third-order valence-corrected chi connectivity index (χ3v) is 3.68. The normalized spacial score (nSPS) is 12.3. The molecule has 0 aliphatic heterocycles. The van der Waals surface area contributed by atoms with E-state index in [9.17, 15) is 13.0 Å². The molecule has 0 aliphatic carbocycles. The molecule has 1 aromatic rings. The third kappa shape index (κ3) is 7.98. The Bertz CT molecular complexity index is 494. The van der Waals surface area contributed by atoms with E-state index in [4.69, 9.17) is 18.0 Å². The maximum absolute atomic E-state index is 10.6. The molecule has 0 heterocycles. The fraction of sp³-hybridized carbons (Fsp3) is 0.364. The molecular weight excluding hydrogens is 295 g/mol. The van der Waals surface area contributed by atoms with Crippen LogP contribution in [0.15, 0.2) is 30.3 Å². The third-order valence-electron chi connectivity index (χ3n) is 2.36. The van der Waals surface area contributed by atoms with Gasteiger partial charge in [-0.3, -0.25) is 0 Å². The van der Waals surface area contributed by atoms with Crippen molar-refractivity contribution in [2.45, 2.75) is 24.8 Å². The number of thiocarbonyl (C=S) groups is 1. The second kappa shape index (κ2) is 9.02. The Labute approximate surface area is 141 Å². The molecular formula is C11H15N2NaO3S2. The number of nitrogens with one attached hydrogen (secondary N) is 1. The predicted molar refractivity (Wildman–Crippen MR) is 72.8 cm³/mol. The molecule has 0 aromatic heterocycles. The van der Waals surface area contributed by atoms with Gasteiger partial charge in [0.15, 0.2) is 0 Å². The van der Waals surface area contributed by atoms with E-state index in [2.05, 4.69) is 5.32 Å². The van der Waals surface area contributed by atoms with Gasteiger partial charge in [0.2, 0.25) is 0 Å². The van der Waals surface area contributed by atoms with Crippen molar-refractivity contribution < 1.29 is 42.5 Å². The van der Waals surface area contributed by atoms with Crippen LogP contribution in [-0.4, -0.2) is 23.3 Å². The van der Waals surface area contributed by atoms with E-state index in [1.807, 2.05) is 30.3 Å². The molecule has 1 atom stereocenters. The Morgan fingerprint density at radius 2 is 1.95 bits per heavy atom. The van der Waals surface area contributed by atoms with E-state index < -0.39 is 15.5 Å². The topological polar surface area (TPSA) is 95.2 Å². The second-order valence-corrected chi connectivity index (χ2v) is 5.92. The monoisotopic (exact) mass is 310 g/mol. The number of benzene rings is 1. The van der Waals surface area contributed by atoms with Crippen molar-refractivity contribution >= 4 is 27.3 Å². The molecule has 100 valence electrons. The van der Waals surface area contributed by atoms with Gasteiger partial charge >= 0.3 is 29.6 Å². The average Bonchev–Trinajstić information content (AvgIpc) is 2.33. The van der Waals surface area contributed by atoms with Crippen LogP contribution in [-0.2, 0) is 16.7 Å². The Morgan fingerprint density at radius 1 is 1.37 bits per heavy atom. The van der Waals surface area contributed by atoms with Crippen molar-refractivity contribution in [3.05, 3.63) is 35.9 Å². The van der Waals surface area contributed by atoms with Crippen molar-refractivity contribution in [2.75, 3.05) is 0 Å². The maximum Gasteiger partial charge on any atom is 1.00 e. The fourth-order valence-corrected chi connectivity index (χ4v) is 1.90. The smallest absolute Gasteiger partial charge is 0.747 e. The molecule has 0 saturated heterocycles. The number of nitrogens with two attached hydrogens (primary N) is 1. The van der Waals surface area contributed by atoms with Gasteiger partial charge in [0.05, 0.1) is 10.4 Å². The van der Waals surface area contributed by atoms with Crippen molar-refractivity contribution in [2.24, 2.45) is 5.73 Å². The number of hydrogen-bond acceptors (Lipinski definition) is 5. The summed E-state index contributed by atoms with van der Waals surface area (Å²) in [5.41, 5.74) is 6.29. The molecule has 5 nitrogen and oxygen atoms in total. The Hall–Kier alpha value is -0.0200. The van der Waals surface area contributed by atoms with Gasteiger partial charge in [-0.15, -0.1) is 0 Å². The largest absolute Gasteiger partial charge is 1.00 e. The van der Waals surface area contributed by atoms with E-state index in [1.54, 1.807) is 0 Å². The molecule has 19 heavy (non-hydrogen) atoms. The fourth-order valence-electron chi connectivity index (χ4n) is 1.30. The zero-order valence-corrected chi connectivity index (χ0v) is 14.3. The van der Waals surface area contributed by atoms with Crippen LogP contribution in [0.4, 0.5) is 0 Å². The molecule has 0 saturated carbocycles. The molecule has 0 fully saturated rings. The van der Waals surface area contributed by atoms with Gasteiger partial charge in [-0.25, -0.2) is 8.42 Å². The first kappa shape index (κ1) is 19.0. The quantitative estimate of drug-likeness (QED) is 0.349. The zero-order chi connectivity index (χ0) is 13.6. The van der Waals surface area contributed by atoms with E-state index in [-0.39, 0.29) is 42.4 Å². The minimum atomic E-state index is -4.43. The van der Waals surface area contributed by atoms with Gasteiger partial charge in [-0.2, -0.15) is 0 Å². The van der Waals surface area contributed by atoms with Crippen molar-refractivity contribution in [1.29, 1.82) is 0 Å². The van der Waals surface area contributed by atoms with Crippen molar-refractivity contribution in [1.82, 2.24) is 5.32 Å². The molecule has 0 bridgehead atoms. The average molecular weight is 310 g/mol. The summed E-state index contributed by atoms with van der Waals surface area (Å²) < 4.78 is 31.7. The Kier molecular flexibility index (Phi) is 9.01. The van der Waals surface area contributed by atoms with Gasteiger partial charge in [0.1, 0.15) is 10.1 Å². The summed E-state index contributed by atoms with van der Waals surface area (Å²) in [6.07, 6.45) is 0.317. The van der Waals surface area contributed by atoms with Gasteiger partial charge in [0.25, 0.3) is 0 Å². The molecule has 0 aliphatic rings. The molecule has 0 amide bonds. The van der Waals surface area contributed by atoms with Crippen LogP contribution in [0, 0.1) is 0 Å². The number of hydrogen-bond donors (Lipinski definition) is 2. The Morgan fingerprint density at radius 3 is 2.47 bits per heavy atom. The molecule has 1 aromatic carbocycles. The summed E-state index contributed by atoms with van der Waals surface area (Å²) >= 11 is 5.03. The predicted octanol–water partition coefficient (Wildman–Crippen LogP) is -2.28. The molecule has 8 heteroatoms. The SMILES string of the molecule is NC(CCC(=S)NCc1ccccc1)S(=O)(=O)[O-].[Na+]. The van der Waals surface area contributed by atoms with Crippen LogP contribution in [0.1, 0.15) is 18.4 Å². The summed E-state index contributed by atoms with van der Waals surface area (Å²) in [7, 11) is -4.43. The minimum absolute atomic E-state index is 0. The van der Waals surface area contributed by atoms with Crippen LogP contribution in [0.5, 0.6) is 0 Å². The maximum atomic E-state index is 10.6. The first-order chi connectivity index (χ1) is 8.39. The first-order valence-corrected chi connectivity index (χ1v) is 7.28. The second-order valence-electron chi connectivity index (χ2n) is 3.83. The van der Waals surface area contributed by atoms with E-state index in [0.29, 0.717) is 11.5 Å².